The zero-order valence-corrected chi connectivity index (χ0v) is 11.6. The van der Waals surface area contributed by atoms with Gasteiger partial charge < -0.3 is 18.9 Å². The summed E-state index contributed by atoms with van der Waals surface area (Å²) < 4.78 is 19.7. The summed E-state index contributed by atoms with van der Waals surface area (Å²) in [6.45, 7) is 5.59. The van der Waals surface area contributed by atoms with Crippen LogP contribution in [-0.2, 0) is 28.5 Å². The molecule has 1 unspecified atom stereocenters. The third kappa shape index (κ3) is 8.95. The number of hydrogen-bond donors (Lipinski definition) is 0. The van der Waals surface area contributed by atoms with E-state index in [1.165, 1.54) is 14.2 Å². The van der Waals surface area contributed by atoms with Crippen molar-refractivity contribution in [2.75, 3.05) is 20.8 Å². The lowest BCUT2D eigenvalue weighted by Gasteiger charge is -2.20. The van der Waals surface area contributed by atoms with Crippen molar-refractivity contribution in [2.24, 2.45) is 0 Å². The maximum absolute atomic E-state index is 11.4. The van der Waals surface area contributed by atoms with Gasteiger partial charge in [0, 0.05) is 20.6 Å². The molecule has 0 fully saturated rings. The Morgan fingerprint density at radius 3 is 2.17 bits per heavy atom. The highest BCUT2D eigenvalue weighted by molar-refractivity contribution is 5.91. The van der Waals surface area contributed by atoms with E-state index < -0.39 is 30.3 Å². The molecule has 0 heterocycles. The Kier molecular flexibility index (Phi) is 7.54. The van der Waals surface area contributed by atoms with Crippen molar-refractivity contribution in [1.82, 2.24) is 0 Å². The second-order valence-electron chi connectivity index (χ2n) is 4.70. The summed E-state index contributed by atoms with van der Waals surface area (Å²) in [5.74, 6) is -1.29. The van der Waals surface area contributed by atoms with Crippen LogP contribution in [-0.4, -0.2) is 44.7 Å². The molecule has 0 aliphatic rings. The van der Waals surface area contributed by atoms with Crippen molar-refractivity contribution in [3.63, 3.8) is 0 Å². The Balaban J connectivity index is 4.04. The van der Waals surface area contributed by atoms with E-state index in [-0.39, 0.29) is 0 Å². The summed E-state index contributed by atoms with van der Waals surface area (Å²) in [4.78, 5) is 22.8. The van der Waals surface area contributed by atoms with Crippen LogP contribution < -0.4 is 0 Å². The van der Waals surface area contributed by atoms with Crippen LogP contribution in [0.2, 0.25) is 0 Å². The molecule has 0 aromatic carbocycles. The van der Waals surface area contributed by atoms with Gasteiger partial charge in [-0.25, -0.2) is 0 Å². The van der Waals surface area contributed by atoms with Crippen molar-refractivity contribution in [3.8, 4) is 0 Å². The first-order chi connectivity index (χ1) is 8.28. The number of carbonyl (C=O) groups excluding carboxylic acids is 2. The van der Waals surface area contributed by atoms with Crippen molar-refractivity contribution >= 4 is 11.9 Å². The van der Waals surface area contributed by atoms with Gasteiger partial charge in [-0.2, -0.15) is 0 Å². The Labute approximate surface area is 108 Å². The molecule has 0 spiro atoms. The molecule has 0 bridgehead atoms. The highest BCUT2D eigenvalue weighted by Gasteiger charge is 2.21. The maximum Gasteiger partial charge on any atom is 0.319 e. The van der Waals surface area contributed by atoms with E-state index in [4.69, 9.17) is 18.9 Å². The van der Waals surface area contributed by atoms with Crippen LogP contribution in [0.4, 0.5) is 0 Å². The smallest absolute Gasteiger partial charge is 0.319 e. The minimum atomic E-state index is -0.708. The largest absolute Gasteiger partial charge is 0.460 e. The van der Waals surface area contributed by atoms with Gasteiger partial charge in [-0.1, -0.05) is 0 Å². The topological polar surface area (TPSA) is 71.1 Å². The fraction of sp³-hybridized carbons (Fsp3) is 0.833. The molecule has 0 saturated carbocycles. The van der Waals surface area contributed by atoms with E-state index in [2.05, 4.69) is 0 Å². The van der Waals surface area contributed by atoms with E-state index in [0.29, 0.717) is 13.0 Å². The van der Waals surface area contributed by atoms with E-state index >= 15 is 0 Å². The molecule has 6 heteroatoms. The summed E-state index contributed by atoms with van der Waals surface area (Å²) in [6.07, 6.45) is -0.725. The van der Waals surface area contributed by atoms with Crippen molar-refractivity contribution in [2.45, 2.75) is 45.5 Å². The Morgan fingerprint density at radius 2 is 1.72 bits per heavy atom. The minimum absolute atomic E-state index is 0.401. The first-order valence-electron chi connectivity index (χ1n) is 5.71. The number of esters is 2. The van der Waals surface area contributed by atoms with Crippen LogP contribution in [0.5, 0.6) is 0 Å². The number of methoxy groups -OCH3 is 2. The fourth-order valence-corrected chi connectivity index (χ4v) is 1.12. The first kappa shape index (κ1) is 16.9. The third-order valence-corrected chi connectivity index (χ3v) is 1.79. The summed E-state index contributed by atoms with van der Waals surface area (Å²) in [5, 5.41) is 0. The van der Waals surface area contributed by atoms with Crippen LogP contribution in [0.1, 0.15) is 33.6 Å². The molecule has 0 amide bonds. The predicted octanol–water partition coefficient (Wildman–Crippen LogP) is 1.27. The fourth-order valence-electron chi connectivity index (χ4n) is 1.12. The van der Waals surface area contributed by atoms with Crippen molar-refractivity contribution in [3.05, 3.63) is 0 Å². The molecule has 6 nitrogen and oxygen atoms in total. The molecule has 1 atom stereocenters. The molecule has 0 aromatic heterocycles. The summed E-state index contributed by atoms with van der Waals surface area (Å²) in [6, 6.07) is 0. The number of ether oxygens (including phenoxy) is 4. The van der Waals surface area contributed by atoms with Crippen LogP contribution in [0, 0.1) is 0 Å². The number of carbonyl (C=O) groups is 2. The van der Waals surface area contributed by atoms with Gasteiger partial charge in [-0.3, -0.25) is 9.59 Å². The molecule has 18 heavy (non-hydrogen) atoms. The molecule has 0 saturated heterocycles. The van der Waals surface area contributed by atoms with Crippen LogP contribution in [0.25, 0.3) is 0 Å². The van der Waals surface area contributed by atoms with Crippen LogP contribution in [0.15, 0.2) is 0 Å². The molecule has 0 aromatic rings. The standard InChI is InChI=1S/C12H22O6/c1-12(2,3)18-10(14)8-9(13)17-11(16-5)6-7-15-4/h11H,6-8H2,1-5H3. The Morgan fingerprint density at radius 1 is 1.11 bits per heavy atom. The minimum Gasteiger partial charge on any atom is -0.460 e. The van der Waals surface area contributed by atoms with E-state index in [1.54, 1.807) is 20.8 Å². The molecular weight excluding hydrogens is 240 g/mol. The van der Waals surface area contributed by atoms with Gasteiger partial charge in [0.25, 0.3) is 0 Å². The quantitative estimate of drug-likeness (QED) is 0.391. The van der Waals surface area contributed by atoms with E-state index in [0.717, 1.165) is 0 Å². The van der Waals surface area contributed by atoms with Crippen LogP contribution >= 0.6 is 0 Å². The molecule has 0 N–H and O–H groups in total. The monoisotopic (exact) mass is 262 g/mol. The summed E-state index contributed by atoms with van der Waals surface area (Å²) >= 11 is 0. The second-order valence-corrected chi connectivity index (χ2v) is 4.70. The average molecular weight is 262 g/mol. The van der Waals surface area contributed by atoms with Gasteiger partial charge in [-0.05, 0) is 20.8 Å². The lowest BCUT2D eigenvalue weighted by molar-refractivity contribution is -0.180. The van der Waals surface area contributed by atoms with Crippen molar-refractivity contribution < 1.29 is 28.5 Å². The summed E-state index contributed by atoms with van der Waals surface area (Å²) in [7, 11) is 2.95. The van der Waals surface area contributed by atoms with Gasteiger partial charge in [0.1, 0.15) is 12.0 Å². The van der Waals surface area contributed by atoms with Gasteiger partial charge in [0.2, 0.25) is 6.29 Å². The molecule has 0 aliphatic heterocycles. The average Bonchev–Trinajstić information content (AvgIpc) is 2.20. The first-order valence-corrected chi connectivity index (χ1v) is 5.71. The van der Waals surface area contributed by atoms with E-state index in [1.807, 2.05) is 0 Å². The zero-order valence-electron chi connectivity index (χ0n) is 11.6. The highest BCUT2D eigenvalue weighted by atomic mass is 16.7. The maximum atomic E-state index is 11.4. The Hall–Kier alpha value is -1.14. The second kappa shape index (κ2) is 8.05. The zero-order chi connectivity index (χ0) is 14.2. The van der Waals surface area contributed by atoms with Gasteiger partial charge in [0.05, 0.1) is 6.61 Å². The lowest BCUT2D eigenvalue weighted by atomic mass is 10.2. The lowest BCUT2D eigenvalue weighted by Crippen LogP contribution is -2.28. The van der Waals surface area contributed by atoms with Gasteiger partial charge >= 0.3 is 11.9 Å². The van der Waals surface area contributed by atoms with Crippen LogP contribution in [0.3, 0.4) is 0 Å². The molecule has 0 aliphatic carbocycles. The van der Waals surface area contributed by atoms with Gasteiger partial charge in [-0.15, -0.1) is 0 Å². The molecule has 0 rings (SSSR count). The summed E-state index contributed by atoms with van der Waals surface area (Å²) in [5.41, 5.74) is -0.617. The molecule has 0 radical (unpaired) electrons. The normalized spacial score (nSPS) is 12.9. The molecule has 106 valence electrons. The predicted molar refractivity (Wildman–Crippen MR) is 63.8 cm³/mol. The SMILES string of the molecule is COCCC(OC)OC(=O)CC(=O)OC(C)(C)C. The number of rotatable bonds is 7. The number of hydrogen-bond acceptors (Lipinski definition) is 6. The third-order valence-electron chi connectivity index (χ3n) is 1.79. The Bertz CT molecular complexity index is 268. The van der Waals surface area contributed by atoms with E-state index in [9.17, 15) is 9.59 Å². The highest BCUT2D eigenvalue weighted by Crippen LogP contribution is 2.09. The molecular formula is C12H22O6. The van der Waals surface area contributed by atoms with Gasteiger partial charge in [0.15, 0.2) is 0 Å². The van der Waals surface area contributed by atoms with Crippen molar-refractivity contribution in [1.29, 1.82) is 0 Å².